The number of anilines is 1. The number of carbonyl (C=O) groups excluding carboxylic acids is 1. The van der Waals surface area contributed by atoms with Gasteiger partial charge in [-0.05, 0) is 39.0 Å². The summed E-state index contributed by atoms with van der Waals surface area (Å²) in [7, 11) is 0. The largest absolute Gasteiger partial charge is 0.483 e. The maximum absolute atomic E-state index is 14.7. The van der Waals surface area contributed by atoms with Gasteiger partial charge in [-0.1, -0.05) is 0 Å². The summed E-state index contributed by atoms with van der Waals surface area (Å²) >= 11 is 0. The van der Waals surface area contributed by atoms with Crippen molar-refractivity contribution in [3.8, 4) is 23.1 Å². The van der Waals surface area contributed by atoms with Gasteiger partial charge in [-0.25, -0.2) is 27.9 Å². The molecule has 1 aliphatic heterocycles. The minimum absolute atomic E-state index is 0.000559. The summed E-state index contributed by atoms with van der Waals surface area (Å²) in [4.78, 5) is 20.4. The predicted octanol–water partition coefficient (Wildman–Crippen LogP) is 3.76. The van der Waals surface area contributed by atoms with Crippen LogP contribution in [0.2, 0.25) is 0 Å². The van der Waals surface area contributed by atoms with Crippen LogP contribution in [0.25, 0.3) is 11.3 Å². The maximum Gasteiger partial charge on any atom is 0.410 e. The molecule has 1 fully saturated rings. The number of piperidine rings is 1. The topological polar surface area (TPSA) is 114 Å². The lowest BCUT2D eigenvalue weighted by atomic mass is 10.0. The molecule has 1 saturated heterocycles. The van der Waals surface area contributed by atoms with Crippen LogP contribution in [0.5, 0.6) is 5.75 Å². The summed E-state index contributed by atoms with van der Waals surface area (Å²) < 4.78 is 54.1. The van der Waals surface area contributed by atoms with E-state index < -0.39 is 36.1 Å². The van der Waals surface area contributed by atoms with E-state index in [0.717, 1.165) is 11.1 Å². The van der Waals surface area contributed by atoms with E-state index >= 15 is 0 Å². The highest BCUT2D eigenvalue weighted by Gasteiger charge is 2.48. The molecule has 2 aromatic rings. The molecule has 3 rings (SSSR count). The number of benzene rings is 1. The number of nitriles is 1. The Morgan fingerprint density at radius 3 is 2.72 bits per heavy atom. The van der Waals surface area contributed by atoms with E-state index in [-0.39, 0.29) is 41.5 Å². The fourth-order valence-corrected chi connectivity index (χ4v) is 3.15. The number of alkyl halides is 2. The van der Waals surface area contributed by atoms with Gasteiger partial charge < -0.3 is 20.1 Å². The SMILES string of the molecule is CC(C)(C)OC(=O)N1CCC(Oc2ccc(-c3nc(N)ncc3F)cc2C#N)C(F)(F)C1. The molecule has 1 unspecified atom stereocenters. The van der Waals surface area contributed by atoms with Gasteiger partial charge in [-0.3, -0.25) is 0 Å². The number of nitrogen functional groups attached to an aromatic ring is 1. The number of nitrogens with zero attached hydrogens (tertiary/aromatic N) is 4. The fourth-order valence-electron chi connectivity index (χ4n) is 3.15. The Labute approximate surface area is 182 Å². The van der Waals surface area contributed by atoms with Crippen LogP contribution in [0.4, 0.5) is 23.9 Å². The molecule has 1 aromatic carbocycles. The Morgan fingerprint density at radius 2 is 2.09 bits per heavy atom. The quantitative estimate of drug-likeness (QED) is 0.759. The average molecular weight is 449 g/mol. The maximum atomic E-state index is 14.7. The van der Waals surface area contributed by atoms with Crippen molar-refractivity contribution in [3.63, 3.8) is 0 Å². The molecule has 0 saturated carbocycles. The van der Waals surface area contributed by atoms with E-state index in [2.05, 4.69) is 9.97 Å². The highest BCUT2D eigenvalue weighted by Crippen LogP contribution is 2.34. The normalized spacial score (nSPS) is 18.0. The molecule has 32 heavy (non-hydrogen) atoms. The van der Waals surface area contributed by atoms with Crippen molar-refractivity contribution in [2.24, 2.45) is 0 Å². The molecule has 1 aromatic heterocycles. The first-order valence-electron chi connectivity index (χ1n) is 9.74. The molecule has 1 aliphatic rings. The Balaban J connectivity index is 1.78. The highest BCUT2D eigenvalue weighted by atomic mass is 19.3. The van der Waals surface area contributed by atoms with Crippen LogP contribution in [0.3, 0.4) is 0 Å². The number of halogens is 3. The number of rotatable bonds is 3. The Kier molecular flexibility index (Phi) is 6.16. The van der Waals surface area contributed by atoms with E-state index in [1.165, 1.54) is 18.2 Å². The zero-order chi connectivity index (χ0) is 23.7. The van der Waals surface area contributed by atoms with E-state index in [0.29, 0.717) is 0 Å². The molecule has 1 atom stereocenters. The second kappa shape index (κ2) is 8.53. The number of hydrogen-bond acceptors (Lipinski definition) is 7. The summed E-state index contributed by atoms with van der Waals surface area (Å²) in [6, 6.07) is 5.81. The summed E-state index contributed by atoms with van der Waals surface area (Å²) in [6.07, 6.45) is -1.67. The zero-order valence-electron chi connectivity index (χ0n) is 17.7. The number of aromatic nitrogens is 2. The molecule has 1 amide bonds. The Morgan fingerprint density at radius 1 is 1.38 bits per heavy atom. The minimum Gasteiger partial charge on any atom is -0.483 e. The Hall–Kier alpha value is -3.55. The average Bonchev–Trinajstić information content (AvgIpc) is 2.70. The first-order valence-corrected chi connectivity index (χ1v) is 9.74. The van der Waals surface area contributed by atoms with Gasteiger partial charge in [0.25, 0.3) is 0 Å². The van der Waals surface area contributed by atoms with E-state index in [1.807, 2.05) is 6.07 Å². The summed E-state index contributed by atoms with van der Waals surface area (Å²) in [6.45, 7) is 4.06. The number of carbonyl (C=O) groups is 1. The van der Waals surface area contributed by atoms with Crippen molar-refractivity contribution >= 4 is 12.0 Å². The molecule has 8 nitrogen and oxygen atoms in total. The molecule has 0 spiro atoms. The molecule has 0 aliphatic carbocycles. The van der Waals surface area contributed by atoms with Crippen LogP contribution in [0.1, 0.15) is 32.8 Å². The van der Waals surface area contributed by atoms with Crippen LogP contribution in [-0.2, 0) is 4.74 Å². The van der Waals surface area contributed by atoms with Gasteiger partial charge in [0.05, 0.1) is 18.3 Å². The lowest BCUT2D eigenvalue weighted by molar-refractivity contribution is -0.137. The van der Waals surface area contributed by atoms with Gasteiger partial charge in [0.1, 0.15) is 23.1 Å². The summed E-state index contributed by atoms with van der Waals surface area (Å²) in [5.41, 5.74) is 4.69. The molecule has 0 bridgehead atoms. The van der Waals surface area contributed by atoms with E-state index in [4.69, 9.17) is 15.2 Å². The van der Waals surface area contributed by atoms with Crippen molar-refractivity contribution in [2.75, 3.05) is 18.8 Å². The lowest BCUT2D eigenvalue weighted by Gasteiger charge is -2.38. The third kappa shape index (κ3) is 5.19. The lowest BCUT2D eigenvalue weighted by Crippen LogP contribution is -2.56. The van der Waals surface area contributed by atoms with Crippen molar-refractivity contribution in [2.45, 2.75) is 44.8 Å². The summed E-state index contributed by atoms with van der Waals surface area (Å²) in [5.74, 6) is -4.38. The second-order valence-electron chi connectivity index (χ2n) is 8.31. The number of likely N-dealkylation sites (tertiary alicyclic amines) is 1. The third-order valence-electron chi connectivity index (χ3n) is 4.59. The molecule has 170 valence electrons. The third-order valence-corrected chi connectivity index (χ3v) is 4.59. The van der Waals surface area contributed by atoms with Gasteiger partial charge in [0.15, 0.2) is 11.9 Å². The second-order valence-corrected chi connectivity index (χ2v) is 8.31. The molecule has 2 N–H and O–H groups in total. The first kappa shape index (κ1) is 23.1. The standard InChI is InChI=1S/C21H22F3N5O3/c1-20(2,3)32-19(30)29-7-6-16(21(23,24)11-29)31-15-5-4-12(8-13(15)9-25)17-14(22)10-27-18(26)28-17/h4-5,8,10,16H,6-7,11H2,1-3H3,(H2,26,27,28). The van der Waals surface area contributed by atoms with Crippen LogP contribution in [0, 0.1) is 17.1 Å². The monoisotopic (exact) mass is 449 g/mol. The van der Waals surface area contributed by atoms with Crippen molar-refractivity contribution in [1.29, 1.82) is 5.26 Å². The number of ether oxygens (including phenoxy) is 2. The number of hydrogen-bond donors (Lipinski definition) is 1. The van der Waals surface area contributed by atoms with Crippen LogP contribution in [-0.4, -0.2) is 51.7 Å². The van der Waals surface area contributed by atoms with Crippen LogP contribution >= 0.6 is 0 Å². The first-order chi connectivity index (χ1) is 14.9. The molecular weight excluding hydrogens is 427 g/mol. The molecule has 2 heterocycles. The predicted molar refractivity (Wildman–Crippen MR) is 108 cm³/mol. The molecular formula is C21H22F3N5O3. The van der Waals surface area contributed by atoms with E-state index in [1.54, 1.807) is 20.8 Å². The summed E-state index contributed by atoms with van der Waals surface area (Å²) in [5, 5.41) is 9.46. The van der Waals surface area contributed by atoms with Gasteiger partial charge in [0.2, 0.25) is 5.95 Å². The molecule has 0 radical (unpaired) electrons. The smallest absolute Gasteiger partial charge is 0.410 e. The fraction of sp³-hybridized carbons (Fsp3) is 0.429. The van der Waals surface area contributed by atoms with Gasteiger partial charge in [-0.15, -0.1) is 0 Å². The van der Waals surface area contributed by atoms with Gasteiger partial charge in [-0.2, -0.15) is 5.26 Å². The van der Waals surface area contributed by atoms with Gasteiger partial charge >= 0.3 is 12.0 Å². The Bertz CT molecular complexity index is 1070. The minimum atomic E-state index is -3.38. The highest BCUT2D eigenvalue weighted by molar-refractivity contribution is 5.68. The van der Waals surface area contributed by atoms with E-state index in [9.17, 15) is 23.2 Å². The van der Waals surface area contributed by atoms with Crippen LogP contribution in [0.15, 0.2) is 24.4 Å². The van der Waals surface area contributed by atoms with Crippen molar-refractivity contribution in [3.05, 3.63) is 35.8 Å². The van der Waals surface area contributed by atoms with Crippen LogP contribution < -0.4 is 10.5 Å². The van der Waals surface area contributed by atoms with Crippen molar-refractivity contribution in [1.82, 2.24) is 14.9 Å². The van der Waals surface area contributed by atoms with Gasteiger partial charge in [0, 0.05) is 18.5 Å². The van der Waals surface area contributed by atoms with Crippen molar-refractivity contribution < 1.29 is 27.4 Å². The number of nitrogens with two attached hydrogens (primary N) is 1. The zero-order valence-corrected chi connectivity index (χ0v) is 17.7. The molecule has 11 heteroatoms. The number of amides is 1.